The van der Waals surface area contributed by atoms with Crippen LogP contribution in [0.2, 0.25) is 0 Å². The zero-order chi connectivity index (χ0) is 14.3. The molecule has 0 radical (unpaired) electrons. The van der Waals surface area contributed by atoms with Gasteiger partial charge in [-0.25, -0.2) is 0 Å². The Labute approximate surface area is 101 Å². The van der Waals surface area contributed by atoms with Crippen LogP contribution in [0.4, 0.5) is 0 Å². The smallest absolute Gasteiger partial charge is 0.217 e. The Kier molecular flexibility index (Phi) is 7.05. The van der Waals surface area contributed by atoms with Crippen LogP contribution >= 0.6 is 0 Å². The summed E-state index contributed by atoms with van der Waals surface area (Å²) in [6, 6.07) is -1.79. The molecule has 0 bridgehead atoms. The van der Waals surface area contributed by atoms with Crippen molar-refractivity contribution in [1.82, 2.24) is 0 Å². The van der Waals surface area contributed by atoms with E-state index in [0.717, 1.165) is 0 Å². The van der Waals surface area contributed by atoms with Gasteiger partial charge in [0.15, 0.2) is 0 Å². The molecule has 0 rings (SSSR count). The second kappa shape index (κ2) is 7.71. The number of aliphatic hydroxyl groups excluding tert-OH is 4. The van der Waals surface area contributed by atoms with E-state index in [1.807, 2.05) is 0 Å². The average Bonchev–Trinajstić information content (AvgIpc) is 2.40. The van der Waals surface area contributed by atoms with Crippen molar-refractivity contribution in [1.29, 1.82) is 0 Å². The molecule has 4 atom stereocenters. The summed E-state index contributed by atoms with van der Waals surface area (Å²) < 4.78 is 0. The highest BCUT2D eigenvalue weighted by Gasteiger charge is 2.35. The molecule has 0 heterocycles. The van der Waals surface area contributed by atoms with Gasteiger partial charge >= 0.3 is 0 Å². The minimum absolute atomic E-state index is 0.756. The highest BCUT2D eigenvalue weighted by molar-refractivity contribution is 6.40. The van der Waals surface area contributed by atoms with Crippen LogP contribution in [-0.2, 0) is 9.59 Å². The molecular weight excluding hydrogens is 248 g/mol. The summed E-state index contributed by atoms with van der Waals surface area (Å²) >= 11 is 0. The number of ketones is 2. The minimum atomic E-state index is -1.94. The van der Waals surface area contributed by atoms with E-state index in [1.54, 1.807) is 0 Å². The molecule has 102 valence electrons. The van der Waals surface area contributed by atoms with Gasteiger partial charge in [0, 0.05) is 4.91 Å². The topological polar surface area (TPSA) is 190 Å². The van der Waals surface area contributed by atoms with Crippen molar-refractivity contribution in [3.8, 4) is 0 Å². The van der Waals surface area contributed by atoms with Crippen LogP contribution in [0.25, 0.3) is 10.4 Å². The molecule has 0 spiro atoms. The van der Waals surface area contributed by atoms with E-state index in [-0.39, 0.29) is 0 Å². The van der Waals surface area contributed by atoms with Crippen molar-refractivity contribution in [2.24, 2.45) is 10.8 Å². The molecule has 0 aliphatic heterocycles. The second-order valence-electron chi connectivity index (χ2n) is 3.43. The molecule has 0 aliphatic rings. The summed E-state index contributed by atoms with van der Waals surface area (Å²) in [6.45, 7) is -1.61. The molecule has 10 nitrogen and oxygen atoms in total. The van der Waals surface area contributed by atoms with Gasteiger partial charge in [-0.05, 0) is 5.53 Å². The largest absolute Gasteiger partial charge is 0.394 e. The Balaban J connectivity index is 4.62. The first-order valence-electron chi connectivity index (χ1n) is 4.85. The molecule has 18 heavy (non-hydrogen) atoms. The summed E-state index contributed by atoms with van der Waals surface area (Å²) in [6.07, 6.45) is -5.53. The minimum Gasteiger partial charge on any atom is -0.394 e. The van der Waals surface area contributed by atoms with Gasteiger partial charge in [-0.2, -0.15) is 0 Å². The van der Waals surface area contributed by atoms with Gasteiger partial charge in [0.25, 0.3) is 0 Å². The van der Waals surface area contributed by atoms with Crippen LogP contribution in [0, 0.1) is 0 Å². The summed E-state index contributed by atoms with van der Waals surface area (Å²) in [5, 5.41) is 39.1. The number of hydrogen-bond donors (Lipinski definition) is 5. The molecule has 0 amide bonds. The summed E-state index contributed by atoms with van der Waals surface area (Å²) in [5.74, 6) is -2.39. The van der Waals surface area contributed by atoms with E-state index in [9.17, 15) is 19.8 Å². The van der Waals surface area contributed by atoms with Gasteiger partial charge < -0.3 is 26.2 Å². The quantitative estimate of drug-likeness (QED) is 0.132. The van der Waals surface area contributed by atoms with Crippen LogP contribution < -0.4 is 5.73 Å². The average molecular weight is 262 g/mol. The van der Waals surface area contributed by atoms with Crippen LogP contribution in [0.1, 0.15) is 0 Å². The van der Waals surface area contributed by atoms with Crippen LogP contribution in [0.15, 0.2) is 5.11 Å². The van der Waals surface area contributed by atoms with Crippen molar-refractivity contribution in [3.63, 3.8) is 0 Å². The maximum Gasteiger partial charge on any atom is 0.217 e. The van der Waals surface area contributed by atoms with Gasteiger partial charge in [0.1, 0.15) is 24.4 Å². The SMILES string of the molecule is [N-]=[N+]=NCC(=O)C(=O)[C@@H](N)[C@@H](O)[C@H](O)[C@H](O)CO. The Morgan fingerprint density at radius 3 is 2.28 bits per heavy atom. The van der Waals surface area contributed by atoms with E-state index < -0.39 is 49.1 Å². The fourth-order valence-electron chi connectivity index (χ4n) is 1.06. The fraction of sp³-hybridized carbons (Fsp3) is 0.750. The highest BCUT2D eigenvalue weighted by Crippen LogP contribution is 2.05. The third-order valence-corrected chi connectivity index (χ3v) is 2.15. The molecule has 0 aromatic carbocycles. The van der Waals surface area contributed by atoms with Crippen molar-refractivity contribution >= 4 is 11.6 Å². The zero-order valence-electron chi connectivity index (χ0n) is 9.25. The maximum atomic E-state index is 11.3. The van der Waals surface area contributed by atoms with E-state index in [2.05, 4.69) is 10.0 Å². The summed E-state index contributed by atoms with van der Waals surface area (Å²) in [7, 11) is 0. The number of carbonyl (C=O) groups excluding carboxylic acids is 2. The van der Waals surface area contributed by atoms with Crippen LogP contribution in [0.5, 0.6) is 0 Å². The predicted octanol–water partition coefficient (Wildman–Crippen LogP) is -3.16. The standard InChI is InChI=1S/C8H14N4O6/c9-5(6(16)3(14)1-11-12-10)8(18)7(17)4(15)2-13/h4-5,7-8,13,15,17-18H,1-2,9H2/t4-,5-,7-,8-/m1/s1. The number of carbonyl (C=O) groups is 2. The van der Waals surface area contributed by atoms with E-state index in [0.29, 0.717) is 0 Å². The molecule has 0 saturated carbocycles. The van der Waals surface area contributed by atoms with Crippen molar-refractivity contribution in [2.45, 2.75) is 24.4 Å². The van der Waals surface area contributed by atoms with Gasteiger partial charge in [-0.3, -0.25) is 9.59 Å². The molecule has 0 aliphatic carbocycles. The van der Waals surface area contributed by atoms with E-state index >= 15 is 0 Å². The summed E-state index contributed by atoms with van der Waals surface area (Å²) in [4.78, 5) is 24.7. The lowest BCUT2D eigenvalue weighted by molar-refractivity contribution is -0.141. The molecular formula is C8H14N4O6. The van der Waals surface area contributed by atoms with Crippen LogP contribution in [0.3, 0.4) is 0 Å². The van der Waals surface area contributed by atoms with Gasteiger partial charge in [0.05, 0.1) is 13.2 Å². The van der Waals surface area contributed by atoms with Crippen LogP contribution in [-0.4, -0.2) is 69.5 Å². The number of azide groups is 1. The first kappa shape index (κ1) is 16.4. The van der Waals surface area contributed by atoms with Gasteiger partial charge in [-0.1, -0.05) is 5.11 Å². The van der Waals surface area contributed by atoms with Gasteiger partial charge in [-0.15, -0.1) is 0 Å². The Morgan fingerprint density at radius 1 is 1.28 bits per heavy atom. The normalized spacial score (nSPS) is 17.2. The molecule has 0 unspecified atom stereocenters. The number of nitrogens with two attached hydrogens (primary N) is 1. The third kappa shape index (κ3) is 4.37. The monoisotopic (exact) mass is 262 g/mol. The fourth-order valence-corrected chi connectivity index (χ4v) is 1.06. The third-order valence-electron chi connectivity index (χ3n) is 2.15. The van der Waals surface area contributed by atoms with E-state index in [4.69, 9.17) is 21.5 Å². The molecule has 10 heteroatoms. The number of hydrogen-bond acceptors (Lipinski definition) is 8. The first-order chi connectivity index (χ1) is 8.36. The summed E-state index contributed by atoms with van der Waals surface area (Å²) in [5.41, 5.74) is 13.2. The second-order valence-corrected chi connectivity index (χ2v) is 3.43. The highest BCUT2D eigenvalue weighted by atomic mass is 16.4. The first-order valence-corrected chi connectivity index (χ1v) is 4.85. The van der Waals surface area contributed by atoms with Crippen molar-refractivity contribution in [2.75, 3.05) is 13.2 Å². The van der Waals surface area contributed by atoms with Crippen molar-refractivity contribution in [3.05, 3.63) is 10.4 Å². The molecule has 0 saturated heterocycles. The number of Topliss-reactive ketones (excluding diaryl/α,β-unsaturated/α-hetero) is 2. The van der Waals surface area contributed by atoms with E-state index in [1.165, 1.54) is 0 Å². The lowest BCUT2D eigenvalue weighted by atomic mass is 9.97. The maximum absolute atomic E-state index is 11.3. The van der Waals surface area contributed by atoms with Crippen molar-refractivity contribution < 1.29 is 30.0 Å². The Bertz CT molecular complexity index is 355. The number of rotatable bonds is 8. The molecule has 0 aromatic rings. The molecule has 0 aromatic heterocycles. The molecule has 6 N–H and O–H groups in total. The molecule has 0 fully saturated rings. The zero-order valence-corrected chi connectivity index (χ0v) is 9.25. The Hall–Kier alpha value is -1.55. The number of aliphatic hydroxyl groups is 4. The van der Waals surface area contributed by atoms with Gasteiger partial charge in [0.2, 0.25) is 11.6 Å². The Morgan fingerprint density at radius 2 is 1.83 bits per heavy atom. The predicted molar refractivity (Wildman–Crippen MR) is 57.1 cm³/mol. The number of nitrogens with zero attached hydrogens (tertiary/aromatic N) is 3. The lowest BCUT2D eigenvalue weighted by Gasteiger charge is -2.24. The lowest BCUT2D eigenvalue weighted by Crippen LogP contribution is -2.54.